The summed E-state index contributed by atoms with van der Waals surface area (Å²) in [6.07, 6.45) is 6.07. The molecule has 3 heteroatoms. The van der Waals surface area contributed by atoms with Gasteiger partial charge >= 0.3 is 0 Å². The van der Waals surface area contributed by atoms with Crippen LogP contribution in [0, 0.1) is 3.57 Å². The molecule has 0 unspecified atom stereocenters. The monoisotopic (exact) mass is 359 g/mol. The quantitative estimate of drug-likeness (QED) is 0.568. The Morgan fingerprint density at radius 2 is 2.00 bits per heavy atom. The lowest BCUT2D eigenvalue weighted by Gasteiger charge is -2.14. The minimum absolute atomic E-state index is 0.0444. The van der Waals surface area contributed by atoms with Crippen molar-refractivity contribution in [3.63, 3.8) is 0 Å². The number of benzene rings is 1. The van der Waals surface area contributed by atoms with Crippen molar-refractivity contribution in [2.75, 3.05) is 0 Å². The second kappa shape index (κ2) is 8.51. The summed E-state index contributed by atoms with van der Waals surface area (Å²) in [5, 5.41) is 3.07. The van der Waals surface area contributed by atoms with Crippen LogP contribution in [0.25, 0.3) is 0 Å². The highest BCUT2D eigenvalue weighted by molar-refractivity contribution is 14.1. The Morgan fingerprint density at radius 3 is 2.67 bits per heavy atom. The minimum atomic E-state index is 0.0444. The number of carbonyl (C=O) groups is 1. The number of nitrogens with one attached hydrogen (secondary N) is 1. The summed E-state index contributed by atoms with van der Waals surface area (Å²) in [6, 6.07) is 7.95. The molecule has 2 nitrogen and oxygen atoms in total. The van der Waals surface area contributed by atoms with Crippen LogP contribution in [0.2, 0.25) is 0 Å². The standard InChI is InChI=1S/C15H22INO/c1-3-4-5-6-9-12(2)17-15(18)13-10-7-8-11-14(13)16/h7-8,10-12H,3-6,9H2,1-2H3,(H,17,18)/t12-/m0/s1. The molecule has 0 saturated carbocycles. The third-order valence-corrected chi connectivity index (χ3v) is 3.93. The first kappa shape index (κ1) is 15.5. The molecule has 1 N–H and O–H groups in total. The second-order valence-corrected chi connectivity index (χ2v) is 5.87. The van der Waals surface area contributed by atoms with Gasteiger partial charge in [-0.2, -0.15) is 0 Å². The second-order valence-electron chi connectivity index (χ2n) is 4.70. The van der Waals surface area contributed by atoms with Crippen LogP contribution in [-0.4, -0.2) is 11.9 Å². The number of carbonyl (C=O) groups excluding carboxylic acids is 1. The molecule has 0 saturated heterocycles. The van der Waals surface area contributed by atoms with Crippen LogP contribution in [0.15, 0.2) is 24.3 Å². The maximum atomic E-state index is 12.0. The molecule has 0 aliphatic carbocycles. The van der Waals surface area contributed by atoms with E-state index in [-0.39, 0.29) is 11.9 Å². The van der Waals surface area contributed by atoms with E-state index < -0.39 is 0 Å². The van der Waals surface area contributed by atoms with E-state index in [4.69, 9.17) is 0 Å². The van der Waals surface area contributed by atoms with Gasteiger partial charge in [-0.3, -0.25) is 4.79 Å². The van der Waals surface area contributed by atoms with E-state index in [0.717, 1.165) is 15.6 Å². The molecular weight excluding hydrogens is 337 g/mol. The normalized spacial score (nSPS) is 12.2. The van der Waals surface area contributed by atoms with Gasteiger partial charge in [-0.1, -0.05) is 44.7 Å². The SMILES string of the molecule is CCCCCC[C@H](C)NC(=O)c1ccccc1I. The molecule has 0 aliphatic rings. The molecule has 100 valence electrons. The van der Waals surface area contributed by atoms with Gasteiger partial charge in [0.1, 0.15) is 0 Å². The molecule has 0 spiro atoms. The number of amides is 1. The van der Waals surface area contributed by atoms with Crippen LogP contribution in [-0.2, 0) is 0 Å². The van der Waals surface area contributed by atoms with Crippen molar-refractivity contribution in [2.45, 2.75) is 52.0 Å². The summed E-state index contributed by atoms with van der Waals surface area (Å²) in [7, 11) is 0. The molecule has 0 bridgehead atoms. The minimum Gasteiger partial charge on any atom is -0.350 e. The average Bonchev–Trinajstić information content (AvgIpc) is 2.35. The number of rotatable bonds is 7. The van der Waals surface area contributed by atoms with Gasteiger partial charge < -0.3 is 5.32 Å². The molecule has 1 atom stereocenters. The lowest BCUT2D eigenvalue weighted by atomic mass is 10.1. The predicted molar refractivity (Wildman–Crippen MR) is 84.8 cm³/mol. The highest BCUT2D eigenvalue weighted by Gasteiger charge is 2.11. The lowest BCUT2D eigenvalue weighted by Crippen LogP contribution is -2.32. The molecule has 1 rings (SSSR count). The van der Waals surface area contributed by atoms with E-state index in [1.165, 1.54) is 25.7 Å². The highest BCUT2D eigenvalue weighted by Crippen LogP contribution is 2.12. The summed E-state index contributed by atoms with van der Waals surface area (Å²) in [5.41, 5.74) is 0.776. The zero-order valence-electron chi connectivity index (χ0n) is 11.2. The molecule has 0 radical (unpaired) electrons. The maximum absolute atomic E-state index is 12.0. The van der Waals surface area contributed by atoms with Gasteiger partial charge in [0.2, 0.25) is 0 Å². The number of hydrogen-bond donors (Lipinski definition) is 1. The molecular formula is C15H22INO. The summed E-state index contributed by atoms with van der Waals surface area (Å²) in [4.78, 5) is 12.0. The van der Waals surface area contributed by atoms with E-state index in [0.29, 0.717) is 0 Å². The van der Waals surface area contributed by atoms with Gasteiger partial charge in [0.05, 0.1) is 5.56 Å². The molecule has 18 heavy (non-hydrogen) atoms. The zero-order chi connectivity index (χ0) is 13.4. The van der Waals surface area contributed by atoms with Crippen molar-refractivity contribution >= 4 is 28.5 Å². The van der Waals surface area contributed by atoms with E-state index >= 15 is 0 Å². The highest BCUT2D eigenvalue weighted by atomic mass is 127. The fourth-order valence-corrected chi connectivity index (χ4v) is 2.53. The first-order valence-electron chi connectivity index (χ1n) is 6.70. The van der Waals surface area contributed by atoms with E-state index in [1.54, 1.807) is 0 Å². The Morgan fingerprint density at radius 1 is 1.28 bits per heavy atom. The summed E-state index contributed by atoms with van der Waals surface area (Å²) in [5.74, 6) is 0.0444. The van der Waals surface area contributed by atoms with Crippen molar-refractivity contribution in [3.05, 3.63) is 33.4 Å². The third-order valence-electron chi connectivity index (χ3n) is 2.99. The Labute approximate surface area is 124 Å². The topological polar surface area (TPSA) is 29.1 Å². The van der Waals surface area contributed by atoms with Crippen LogP contribution in [0.1, 0.15) is 56.3 Å². The van der Waals surface area contributed by atoms with E-state index in [1.807, 2.05) is 24.3 Å². The summed E-state index contributed by atoms with van der Waals surface area (Å²) < 4.78 is 1.01. The van der Waals surface area contributed by atoms with Gasteiger partial charge in [-0.15, -0.1) is 0 Å². The fraction of sp³-hybridized carbons (Fsp3) is 0.533. The molecule has 0 heterocycles. The maximum Gasteiger partial charge on any atom is 0.252 e. The van der Waals surface area contributed by atoms with Crippen molar-refractivity contribution in [3.8, 4) is 0 Å². The van der Waals surface area contributed by atoms with Gasteiger partial charge in [-0.05, 0) is 48.1 Å². The Kier molecular flexibility index (Phi) is 7.32. The van der Waals surface area contributed by atoms with E-state index in [9.17, 15) is 4.79 Å². The first-order valence-corrected chi connectivity index (χ1v) is 7.78. The molecule has 1 amide bonds. The average molecular weight is 359 g/mol. The smallest absolute Gasteiger partial charge is 0.252 e. The van der Waals surface area contributed by atoms with Crippen molar-refractivity contribution in [1.29, 1.82) is 0 Å². The van der Waals surface area contributed by atoms with Gasteiger partial charge in [0, 0.05) is 9.61 Å². The molecule has 1 aromatic carbocycles. The van der Waals surface area contributed by atoms with Gasteiger partial charge in [0.25, 0.3) is 5.91 Å². The van der Waals surface area contributed by atoms with Crippen molar-refractivity contribution in [2.24, 2.45) is 0 Å². The Hall–Kier alpha value is -0.580. The van der Waals surface area contributed by atoms with E-state index in [2.05, 4.69) is 41.8 Å². The fourth-order valence-electron chi connectivity index (χ4n) is 1.90. The summed E-state index contributed by atoms with van der Waals surface area (Å²) in [6.45, 7) is 4.29. The first-order chi connectivity index (χ1) is 8.65. The predicted octanol–water partition coefficient (Wildman–Crippen LogP) is 4.38. The van der Waals surface area contributed by atoms with Crippen LogP contribution >= 0.6 is 22.6 Å². The van der Waals surface area contributed by atoms with Crippen LogP contribution < -0.4 is 5.32 Å². The van der Waals surface area contributed by atoms with Crippen molar-refractivity contribution in [1.82, 2.24) is 5.32 Å². The molecule has 1 aromatic rings. The molecule has 0 aromatic heterocycles. The summed E-state index contributed by atoms with van der Waals surface area (Å²) >= 11 is 2.20. The third kappa shape index (κ3) is 5.38. The Balaban J connectivity index is 2.38. The number of halogens is 1. The van der Waals surface area contributed by atoms with Crippen LogP contribution in [0.3, 0.4) is 0 Å². The molecule has 0 aliphatic heterocycles. The van der Waals surface area contributed by atoms with Crippen LogP contribution in [0.4, 0.5) is 0 Å². The zero-order valence-corrected chi connectivity index (χ0v) is 13.4. The van der Waals surface area contributed by atoms with Gasteiger partial charge in [0.15, 0.2) is 0 Å². The van der Waals surface area contributed by atoms with Crippen LogP contribution in [0.5, 0.6) is 0 Å². The van der Waals surface area contributed by atoms with Crippen molar-refractivity contribution < 1.29 is 4.79 Å². The lowest BCUT2D eigenvalue weighted by molar-refractivity contribution is 0.0937. The Bertz CT molecular complexity index is 379. The van der Waals surface area contributed by atoms with Gasteiger partial charge in [-0.25, -0.2) is 0 Å². The number of unbranched alkanes of at least 4 members (excludes halogenated alkanes) is 3. The largest absolute Gasteiger partial charge is 0.350 e. The molecule has 0 fully saturated rings. The number of hydrogen-bond acceptors (Lipinski definition) is 1.